The van der Waals surface area contributed by atoms with Crippen molar-refractivity contribution in [3.63, 3.8) is 0 Å². The Bertz CT molecular complexity index is 1790. The standard InChI is InChI=1S/C29H17F6N3O6/c30-28(31,32)43-18-9-7-17(8-10-18)38-23-12-11-19(44-29(33,34)35)14-21(23)24(26(38)40)37-36-22-6-2-5-20(25(22)39)15-3-1-4-16(13-15)27(41)42/h1-14,36,39H,(H,41,42). The van der Waals surface area contributed by atoms with E-state index in [9.17, 15) is 46.1 Å². The molecule has 0 atom stereocenters. The van der Waals surface area contributed by atoms with Gasteiger partial charge in [-0.2, -0.15) is 5.10 Å². The average Bonchev–Trinajstić information content (AvgIpc) is 3.21. The van der Waals surface area contributed by atoms with Gasteiger partial charge < -0.3 is 19.7 Å². The number of hydrogen-bond acceptors (Lipinski definition) is 7. The lowest BCUT2D eigenvalue weighted by atomic mass is 10.0. The molecule has 0 radical (unpaired) electrons. The zero-order valence-corrected chi connectivity index (χ0v) is 21.8. The number of hydrogen-bond donors (Lipinski definition) is 3. The van der Waals surface area contributed by atoms with Crippen molar-refractivity contribution >= 4 is 34.7 Å². The van der Waals surface area contributed by atoms with Gasteiger partial charge in [0.05, 0.1) is 16.9 Å². The third-order valence-corrected chi connectivity index (χ3v) is 6.18. The highest BCUT2D eigenvalue weighted by molar-refractivity contribution is 6.55. The molecule has 1 aliphatic heterocycles. The number of aromatic carboxylic acids is 1. The van der Waals surface area contributed by atoms with E-state index in [-0.39, 0.29) is 39.5 Å². The number of phenols is 1. The second-order valence-corrected chi connectivity index (χ2v) is 9.07. The number of carboxylic acids is 1. The van der Waals surface area contributed by atoms with Crippen molar-refractivity contribution in [3.8, 4) is 28.4 Å². The van der Waals surface area contributed by atoms with E-state index in [0.29, 0.717) is 5.56 Å². The summed E-state index contributed by atoms with van der Waals surface area (Å²) in [5.41, 5.74) is 2.54. The predicted octanol–water partition coefficient (Wildman–Crippen LogP) is 7.05. The molecule has 44 heavy (non-hydrogen) atoms. The fourth-order valence-electron chi connectivity index (χ4n) is 4.39. The molecule has 0 aliphatic carbocycles. The number of nitrogens with zero attached hydrogens (tertiary/aromatic N) is 2. The summed E-state index contributed by atoms with van der Waals surface area (Å²) in [7, 11) is 0. The second-order valence-electron chi connectivity index (χ2n) is 9.07. The summed E-state index contributed by atoms with van der Waals surface area (Å²) in [5, 5.41) is 24.2. The minimum atomic E-state index is -5.05. The molecule has 226 valence electrons. The summed E-state index contributed by atoms with van der Waals surface area (Å²) < 4.78 is 84.4. The zero-order chi connectivity index (χ0) is 31.8. The molecule has 0 spiro atoms. The highest BCUT2D eigenvalue weighted by Gasteiger charge is 2.38. The summed E-state index contributed by atoms with van der Waals surface area (Å²) >= 11 is 0. The van der Waals surface area contributed by atoms with Crippen molar-refractivity contribution in [2.45, 2.75) is 12.7 Å². The summed E-state index contributed by atoms with van der Waals surface area (Å²) in [6, 6.07) is 17.3. The highest BCUT2D eigenvalue weighted by Crippen LogP contribution is 2.40. The first-order chi connectivity index (χ1) is 20.7. The van der Waals surface area contributed by atoms with Gasteiger partial charge in [-0.25, -0.2) is 4.79 Å². The van der Waals surface area contributed by atoms with E-state index in [4.69, 9.17) is 0 Å². The molecule has 0 fully saturated rings. The molecule has 1 heterocycles. The van der Waals surface area contributed by atoms with Crippen LogP contribution < -0.4 is 19.8 Å². The Kier molecular flexibility index (Phi) is 7.55. The number of para-hydroxylation sites is 1. The van der Waals surface area contributed by atoms with Gasteiger partial charge in [0.15, 0.2) is 5.71 Å². The molecular formula is C29H17F6N3O6. The third kappa shape index (κ3) is 6.35. The van der Waals surface area contributed by atoms with E-state index in [1.54, 1.807) is 6.07 Å². The van der Waals surface area contributed by atoms with Gasteiger partial charge in [-0.1, -0.05) is 24.3 Å². The van der Waals surface area contributed by atoms with Crippen LogP contribution in [-0.4, -0.2) is 40.5 Å². The lowest BCUT2D eigenvalue weighted by Gasteiger charge is -2.18. The minimum absolute atomic E-state index is 0.0383. The number of ether oxygens (including phenoxy) is 2. The largest absolute Gasteiger partial charge is 0.573 e. The number of carbonyl (C=O) groups excluding carboxylic acids is 1. The summed E-state index contributed by atoms with van der Waals surface area (Å²) in [4.78, 5) is 25.9. The van der Waals surface area contributed by atoms with Crippen LogP contribution in [0.2, 0.25) is 0 Å². The number of phenolic OH excluding ortho intramolecular Hbond substituents is 1. The van der Waals surface area contributed by atoms with Crippen LogP contribution in [0.15, 0.2) is 90.0 Å². The van der Waals surface area contributed by atoms with Crippen LogP contribution in [-0.2, 0) is 4.79 Å². The van der Waals surface area contributed by atoms with Crippen molar-refractivity contribution in [1.29, 1.82) is 0 Å². The Labute approximate surface area is 243 Å². The van der Waals surface area contributed by atoms with E-state index < -0.39 is 41.8 Å². The van der Waals surface area contributed by atoms with Crippen LogP contribution in [0, 0.1) is 0 Å². The lowest BCUT2D eigenvalue weighted by Crippen LogP contribution is -2.26. The molecule has 3 N–H and O–H groups in total. The van der Waals surface area contributed by atoms with Crippen LogP contribution in [0.4, 0.5) is 43.4 Å². The number of amides is 1. The van der Waals surface area contributed by atoms with Crippen LogP contribution >= 0.6 is 0 Å². The quantitative estimate of drug-likeness (QED) is 0.116. The number of carbonyl (C=O) groups is 2. The summed E-state index contributed by atoms with van der Waals surface area (Å²) in [5.74, 6) is -3.67. The van der Waals surface area contributed by atoms with Crippen molar-refractivity contribution in [2.24, 2.45) is 5.10 Å². The molecule has 1 amide bonds. The number of benzene rings is 4. The maximum Gasteiger partial charge on any atom is 0.573 e. The average molecular weight is 617 g/mol. The number of alkyl halides is 6. The van der Waals surface area contributed by atoms with Gasteiger partial charge >= 0.3 is 18.7 Å². The maximum absolute atomic E-state index is 13.5. The van der Waals surface area contributed by atoms with Crippen LogP contribution in [0.25, 0.3) is 11.1 Å². The number of anilines is 3. The molecule has 4 aromatic rings. The normalized spacial score (nSPS) is 14.0. The molecule has 4 aromatic carbocycles. The van der Waals surface area contributed by atoms with Crippen molar-refractivity contribution in [2.75, 3.05) is 10.3 Å². The zero-order valence-electron chi connectivity index (χ0n) is 21.8. The van der Waals surface area contributed by atoms with Crippen molar-refractivity contribution in [1.82, 2.24) is 0 Å². The monoisotopic (exact) mass is 617 g/mol. The maximum atomic E-state index is 13.5. The molecule has 0 bridgehead atoms. The Balaban J connectivity index is 1.52. The minimum Gasteiger partial charge on any atom is -0.505 e. The van der Waals surface area contributed by atoms with E-state index in [2.05, 4.69) is 20.0 Å². The number of nitrogens with one attached hydrogen (secondary N) is 1. The molecule has 1 aliphatic rings. The molecule has 9 nitrogen and oxygen atoms in total. The first-order valence-electron chi connectivity index (χ1n) is 12.3. The molecule has 0 saturated heterocycles. The van der Waals surface area contributed by atoms with Crippen LogP contribution in [0.5, 0.6) is 17.2 Å². The summed E-state index contributed by atoms with van der Waals surface area (Å²) in [6.07, 6.45) is -10.0. The molecular weight excluding hydrogens is 600 g/mol. The fourth-order valence-corrected chi connectivity index (χ4v) is 4.39. The number of hydrazone groups is 1. The molecule has 0 saturated carbocycles. The number of carboxylic acid groups (broad SMARTS) is 1. The van der Waals surface area contributed by atoms with Crippen LogP contribution in [0.1, 0.15) is 15.9 Å². The van der Waals surface area contributed by atoms with E-state index in [1.165, 1.54) is 36.4 Å². The molecule has 5 rings (SSSR count). The van der Waals surface area contributed by atoms with Crippen LogP contribution in [0.3, 0.4) is 0 Å². The highest BCUT2D eigenvalue weighted by atomic mass is 19.4. The van der Waals surface area contributed by atoms with E-state index in [1.807, 2.05) is 0 Å². The van der Waals surface area contributed by atoms with E-state index in [0.717, 1.165) is 47.4 Å². The van der Waals surface area contributed by atoms with Gasteiger partial charge in [0.25, 0.3) is 5.91 Å². The van der Waals surface area contributed by atoms with Crippen molar-refractivity contribution < 1.29 is 55.6 Å². The first kappa shape index (κ1) is 29.8. The second kappa shape index (κ2) is 11.2. The number of aromatic hydroxyl groups is 1. The van der Waals surface area contributed by atoms with Gasteiger partial charge in [0.2, 0.25) is 0 Å². The SMILES string of the molecule is O=C(O)c1cccc(-c2cccc(NN=C3C(=O)N(c4ccc(OC(F)(F)F)cc4)c4ccc(OC(F)(F)F)cc43)c2O)c1. The topological polar surface area (TPSA) is 121 Å². The van der Waals surface area contributed by atoms with E-state index >= 15 is 0 Å². The Morgan fingerprint density at radius 3 is 2.09 bits per heavy atom. The van der Waals surface area contributed by atoms with Gasteiger partial charge in [-0.3, -0.25) is 15.1 Å². The van der Waals surface area contributed by atoms with Gasteiger partial charge in [0, 0.05) is 16.8 Å². The lowest BCUT2D eigenvalue weighted by molar-refractivity contribution is -0.275. The molecule has 15 heteroatoms. The number of halogens is 6. The smallest absolute Gasteiger partial charge is 0.505 e. The van der Waals surface area contributed by atoms with Gasteiger partial charge in [0.1, 0.15) is 17.2 Å². The molecule has 0 unspecified atom stereocenters. The fraction of sp³-hybridized carbons (Fsp3) is 0.0690. The predicted molar refractivity (Wildman–Crippen MR) is 144 cm³/mol. The molecule has 0 aromatic heterocycles. The Morgan fingerprint density at radius 2 is 1.43 bits per heavy atom. The number of rotatable bonds is 7. The van der Waals surface area contributed by atoms with Crippen molar-refractivity contribution in [3.05, 3.63) is 96.1 Å². The van der Waals surface area contributed by atoms with Gasteiger partial charge in [-0.15, -0.1) is 26.3 Å². The first-order valence-corrected chi connectivity index (χ1v) is 12.3. The number of fused-ring (bicyclic) bond motifs is 1. The summed E-state index contributed by atoms with van der Waals surface area (Å²) in [6.45, 7) is 0. The Hall–Kier alpha value is -5.73. The van der Waals surface area contributed by atoms with Gasteiger partial charge in [-0.05, 0) is 66.2 Å². The Morgan fingerprint density at radius 1 is 0.795 bits per heavy atom. The third-order valence-electron chi connectivity index (χ3n) is 6.18.